The van der Waals surface area contributed by atoms with E-state index in [1.54, 1.807) is 0 Å². The number of phenols is 1. The lowest BCUT2D eigenvalue weighted by Crippen LogP contribution is -2.59. The summed E-state index contributed by atoms with van der Waals surface area (Å²) in [6.07, 6.45) is 5.87. The van der Waals surface area contributed by atoms with E-state index in [1.807, 2.05) is 6.07 Å². The summed E-state index contributed by atoms with van der Waals surface area (Å²) in [7, 11) is 0. The molecule has 0 radical (unpaired) electrons. The third-order valence-corrected chi connectivity index (χ3v) is 7.15. The first-order chi connectivity index (χ1) is 12.7. The van der Waals surface area contributed by atoms with Gasteiger partial charge in [0.2, 0.25) is 0 Å². The maximum Gasteiger partial charge on any atom is 0.115 e. The molecule has 1 fully saturated rings. The SMILES string of the molecule is Br.CCC1C2Cc3ccc(O)cc3C1(CC)CCN2CCc1ccccc1. The standard InChI is InChI=1S/C24H31NO.BrH/c1-3-21-23-16-19-10-11-20(26)17-22(19)24(21,4-2)13-15-25(23)14-12-18-8-6-5-7-9-18;/h5-11,17,21,23,26H,3-4,12-16H2,1-2H3;1H. The Morgan fingerprint density at radius 1 is 1.11 bits per heavy atom. The van der Waals surface area contributed by atoms with Gasteiger partial charge in [-0.15, -0.1) is 17.0 Å². The monoisotopic (exact) mass is 429 g/mol. The van der Waals surface area contributed by atoms with Crippen molar-refractivity contribution < 1.29 is 5.11 Å². The van der Waals surface area contributed by atoms with Crippen LogP contribution >= 0.6 is 17.0 Å². The van der Waals surface area contributed by atoms with Crippen molar-refractivity contribution >= 4 is 17.0 Å². The van der Waals surface area contributed by atoms with Gasteiger partial charge in [0.1, 0.15) is 5.75 Å². The minimum atomic E-state index is 0. The van der Waals surface area contributed by atoms with Gasteiger partial charge in [0.05, 0.1) is 0 Å². The first-order valence-electron chi connectivity index (χ1n) is 10.3. The van der Waals surface area contributed by atoms with E-state index >= 15 is 0 Å². The maximum absolute atomic E-state index is 10.1. The van der Waals surface area contributed by atoms with Crippen molar-refractivity contribution in [1.82, 2.24) is 4.90 Å². The fraction of sp³-hybridized carbons (Fsp3) is 0.500. The zero-order valence-electron chi connectivity index (χ0n) is 16.5. The van der Waals surface area contributed by atoms with Gasteiger partial charge in [0, 0.05) is 18.0 Å². The Balaban J connectivity index is 0.00000210. The molecule has 2 aromatic rings. The van der Waals surface area contributed by atoms with Crippen molar-refractivity contribution in [2.24, 2.45) is 5.92 Å². The van der Waals surface area contributed by atoms with Gasteiger partial charge in [-0.1, -0.05) is 56.7 Å². The molecule has 3 heteroatoms. The van der Waals surface area contributed by atoms with Gasteiger partial charge in [-0.25, -0.2) is 0 Å². The van der Waals surface area contributed by atoms with E-state index in [9.17, 15) is 5.11 Å². The molecule has 0 saturated carbocycles. The zero-order valence-corrected chi connectivity index (χ0v) is 18.2. The number of hydrogen-bond acceptors (Lipinski definition) is 2. The number of halogens is 1. The maximum atomic E-state index is 10.1. The molecular formula is C24H32BrNO. The minimum Gasteiger partial charge on any atom is -0.508 e. The van der Waals surface area contributed by atoms with E-state index in [2.05, 4.69) is 61.2 Å². The lowest BCUT2D eigenvalue weighted by molar-refractivity contribution is 0.00994. The Hall–Kier alpha value is -1.32. The van der Waals surface area contributed by atoms with Crippen LogP contribution in [0.3, 0.4) is 0 Å². The third-order valence-electron chi connectivity index (χ3n) is 7.15. The quantitative estimate of drug-likeness (QED) is 0.676. The number of aromatic hydroxyl groups is 1. The lowest BCUT2D eigenvalue weighted by atomic mass is 9.55. The van der Waals surface area contributed by atoms with Crippen molar-refractivity contribution in [1.29, 1.82) is 0 Å². The zero-order chi connectivity index (χ0) is 18.1. The molecule has 1 aliphatic heterocycles. The number of phenolic OH excluding ortho intramolecular Hbond substituents is 1. The number of benzene rings is 2. The van der Waals surface area contributed by atoms with Gasteiger partial charge < -0.3 is 5.11 Å². The molecular weight excluding hydrogens is 398 g/mol. The Labute approximate surface area is 174 Å². The van der Waals surface area contributed by atoms with Crippen LogP contribution in [-0.2, 0) is 18.3 Å². The highest BCUT2D eigenvalue weighted by molar-refractivity contribution is 8.93. The molecule has 1 aliphatic carbocycles. The molecule has 146 valence electrons. The number of nitrogens with zero attached hydrogens (tertiary/aromatic N) is 1. The van der Waals surface area contributed by atoms with Crippen LogP contribution in [0.5, 0.6) is 5.75 Å². The van der Waals surface area contributed by atoms with E-state index in [0.717, 1.165) is 19.4 Å². The van der Waals surface area contributed by atoms with E-state index in [1.165, 1.54) is 42.5 Å². The third kappa shape index (κ3) is 3.56. The molecule has 0 spiro atoms. The second-order valence-electron chi connectivity index (χ2n) is 8.16. The number of piperidine rings is 1. The smallest absolute Gasteiger partial charge is 0.115 e. The minimum absolute atomic E-state index is 0. The number of hydrogen-bond donors (Lipinski definition) is 1. The average Bonchev–Trinajstić information content (AvgIpc) is 2.68. The molecule has 0 aromatic heterocycles. The number of likely N-dealkylation sites (tertiary alicyclic amines) is 1. The van der Waals surface area contributed by atoms with Crippen molar-refractivity contribution in [3.05, 3.63) is 65.2 Å². The molecule has 1 saturated heterocycles. The predicted molar refractivity (Wildman–Crippen MR) is 118 cm³/mol. The highest BCUT2D eigenvalue weighted by Crippen LogP contribution is 2.52. The first-order valence-corrected chi connectivity index (χ1v) is 10.3. The van der Waals surface area contributed by atoms with Gasteiger partial charge in [0.25, 0.3) is 0 Å². The molecule has 1 heterocycles. The van der Waals surface area contributed by atoms with Crippen LogP contribution in [0.1, 0.15) is 49.8 Å². The van der Waals surface area contributed by atoms with E-state index in [0.29, 0.717) is 17.7 Å². The Morgan fingerprint density at radius 3 is 2.59 bits per heavy atom. The fourth-order valence-electron chi connectivity index (χ4n) is 5.84. The number of rotatable bonds is 5. The normalized spacial score (nSPS) is 26.9. The van der Waals surface area contributed by atoms with Crippen molar-refractivity contribution in [2.75, 3.05) is 13.1 Å². The highest BCUT2D eigenvalue weighted by atomic mass is 79.9. The van der Waals surface area contributed by atoms with Crippen molar-refractivity contribution in [2.45, 2.75) is 57.4 Å². The summed E-state index contributed by atoms with van der Waals surface area (Å²) in [5.74, 6) is 1.11. The van der Waals surface area contributed by atoms with Gasteiger partial charge in [-0.05, 0) is 67.0 Å². The van der Waals surface area contributed by atoms with Crippen LogP contribution in [0.2, 0.25) is 0 Å². The summed E-state index contributed by atoms with van der Waals surface area (Å²) in [4.78, 5) is 2.75. The average molecular weight is 430 g/mol. The van der Waals surface area contributed by atoms with Gasteiger partial charge >= 0.3 is 0 Å². The van der Waals surface area contributed by atoms with E-state index in [4.69, 9.17) is 0 Å². The Kier molecular flexibility index (Phi) is 6.32. The van der Waals surface area contributed by atoms with Crippen molar-refractivity contribution in [3.63, 3.8) is 0 Å². The second kappa shape index (κ2) is 8.36. The summed E-state index contributed by atoms with van der Waals surface area (Å²) >= 11 is 0. The topological polar surface area (TPSA) is 23.5 Å². The Bertz CT molecular complexity index is 762. The molecule has 4 rings (SSSR count). The second-order valence-corrected chi connectivity index (χ2v) is 8.16. The van der Waals surface area contributed by atoms with E-state index in [-0.39, 0.29) is 22.4 Å². The van der Waals surface area contributed by atoms with Crippen molar-refractivity contribution in [3.8, 4) is 5.75 Å². The van der Waals surface area contributed by atoms with Gasteiger partial charge in [0.15, 0.2) is 0 Å². The molecule has 2 aliphatic rings. The molecule has 3 unspecified atom stereocenters. The Morgan fingerprint density at radius 2 is 1.89 bits per heavy atom. The van der Waals surface area contributed by atoms with Crippen LogP contribution in [0.15, 0.2) is 48.5 Å². The molecule has 0 amide bonds. The van der Waals surface area contributed by atoms with Crippen LogP contribution in [0.4, 0.5) is 0 Å². The summed E-state index contributed by atoms with van der Waals surface area (Å²) in [5, 5.41) is 10.1. The molecule has 2 aromatic carbocycles. The first kappa shape index (κ1) is 20.4. The lowest BCUT2D eigenvalue weighted by Gasteiger charge is -2.57. The highest BCUT2D eigenvalue weighted by Gasteiger charge is 2.51. The number of fused-ring (bicyclic) bond motifs is 4. The van der Waals surface area contributed by atoms with Crippen LogP contribution < -0.4 is 0 Å². The van der Waals surface area contributed by atoms with Crippen LogP contribution in [-0.4, -0.2) is 29.1 Å². The van der Waals surface area contributed by atoms with Crippen LogP contribution in [0, 0.1) is 5.92 Å². The summed E-state index contributed by atoms with van der Waals surface area (Å²) in [5.41, 5.74) is 4.58. The molecule has 1 N–H and O–H groups in total. The molecule has 27 heavy (non-hydrogen) atoms. The predicted octanol–water partition coefficient (Wildman–Crippen LogP) is 5.52. The summed E-state index contributed by atoms with van der Waals surface area (Å²) in [6, 6.07) is 17.6. The molecule has 3 atom stereocenters. The van der Waals surface area contributed by atoms with Gasteiger partial charge in [-0.3, -0.25) is 4.90 Å². The molecule has 2 nitrogen and oxygen atoms in total. The van der Waals surface area contributed by atoms with Crippen LogP contribution in [0.25, 0.3) is 0 Å². The summed E-state index contributed by atoms with van der Waals surface area (Å²) < 4.78 is 0. The fourth-order valence-corrected chi connectivity index (χ4v) is 5.84. The van der Waals surface area contributed by atoms with E-state index < -0.39 is 0 Å². The van der Waals surface area contributed by atoms with Gasteiger partial charge in [-0.2, -0.15) is 0 Å². The largest absolute Gasteiger partial charge is 0.508 e. The summed E-state index contributed by atoms with van der Waals surface area (Å²) in [6.45, 7) is 7.03. The molecule has 2 bridgehead atoms.